The Morgan fingerprint density at radius 2 is 1.87 bits per heavy atom. The Balaban J connectivity index is 1.61. The van der Waals surface area contributed by atoms with Crippen LogP contribution in [-0.4, -0.2) is 37.0 Å². The van der Waals surface area contributed by atoms with Crippen LogP contribution in [0.3, 0.4) is 0 Å². The molecule has 128 valence electrons. The molecule has 3 atom stereocenters. The second-order valence-corrected chi connectivity index (χ2v) is 7.42. The van der Waals surface area contributed by atoms with Gasteiger partial charge in [0.05, 0.1) is 0 Å². The first-order chi connectivity index (χ1) is 11.0. The Hall–Kier alpha value is -1.35. The Morgan fingerprint density at radius 1 is 1.22 bits per heavy atom. The van der Waals surface area contributed by atoms with Crippen molar-refractivity contribution in [2.75, 3.05) is 26.2 Å². The van der Waals surface area contributed by atoms with Gasteiger partial charge in [-0.3, -0.25) is 4.79 Å². The first-order valence-electron chi connectivity index (χ1n) is 9.08. The van der Waals surface area contributed by atoms with E-state index < -0.39 is 0 Å². The summed E-state index contributed by atoms with van der Waals surface area (Å²) < 4.78 is 0. The highest BCUT2D eigenvalue weighted by molar-refractivity contribution is 5.76. The van der Waals surface area contributed by atoms with Gasteiger partial charge < -0.3 is 10.2 Å². The number of benzene rings is 1. The highest BCUT2D eigenvalue weighted by Crippen LogP contribution is 2.21. The zero-order chi connectivity index (χ0) is 16.7. The molecule has 3 heteroatoms. The summed E-state index contributed by atoms with van der Waals surface area (Å²) >= 11 is 0. The number of likely N-dealkylation sites (tertiary alicyclic amines) is 1. The first-order valence-corrected chi connectivity index (χ1v) is 9.08. The second kappa shape index (κ2) is 9.07. The number of amides is 1. The van der Waals surface area contributed by atoms with E-state index in [1.165, 1.54) is 25.1 Å². The third kappa shape index (κ3) is 6.34. The topological polar surface area (TPSA) is 32.3 Å². The summed E-state index contributed by atoms with van der Waals surface area (Å²) in [4.78, 5) is 14.6. The van der Waals surface area contributed by atoms with Gasteiger partial charge in [-0.15, -0.1) is 0 Å². The number of hydrogen-bond acceptors (Lipinski definition) is 2. The van der Waals surface area contributed by atoms with Crippen molar-refractivity contribution in [1.29, 1.82) is 0 Å². The number of nitrogens with zero attached hydrogens (tertiary/aromatic N) is 1. The van der Waals surface area contributed by atoms with Crippen molar-refractivity contribution in [2.24, 2.45) is 11.8 Å². The molecule has 1 heterocycles. The minimum absolute atomic E-state index is 0.168. The number of piperidine rings is 1. The van der Waals surface area contributed by atoms with E-state index in [4.69, 9.17) is 0 Å². The summed E-state index contributed by atoms with van der Waals surface area (Å²) in [5.74, 6) is 2.06. The van der Waals surface area contributed by atoms with E-state index in [1.54, 1.807) is 0 Å². The third-order valence-corrected chi connectivity index (χ3v) is 4.78. The molecule has 1 aliphatic rings. The fourth-order valence-corrected chi connectivity index (χ4v) is 3.75. The molecule has 23 heavy (non-hydrogen) atoms. The van der Waals surface area contributed by atoms with E-state index in [2.05, 4.69) is 43.1 Å². The Kier molecular flexibility index (Phi) is 7.10. The monoisotopic (exact) mass is 316 g/mol. The Morgan fingerprint density at radius 3 is 2.52 bits per heavy atom. The van der Waals surface area contributed by atoms with E-state index in [0.717, 1.165) is 31.3 Å². The van der Waals surface area contributed by atoms with Gasteiger partial charge in [0.1, 0.15) is 0 Å². The van der Waals surface area contributed by atoms with E-state index in [0.29, 0.717) is 6.42 Å². The lowest BCUT2D eigenvalue weighted by atomic mass is 9.92. The number of rotatable bonds is 7. The maximum Gasteiger partial charge on any atom is 0.220 e. The van der Waals surface area contributed by atoms with Gasteiger partial charge >= 0.3 is 0 Å². The Labute approximate surface area is 141 Å². The summed E-state index contributed by atoms with van der Waals surface area (Å²) in [5.41, 5.74) is 1.24. The lowest BCUT2D eigenvalue weighted by Crippen LogP contribution is -2.40. The van der Waals surface area contributed by atoms with Crippen molar-refractivity contribution in [3.8, 4) is 0 Å². The van der Waals surface area contributed by atoms with Crippen molar-refractivity contribution in [2.45, 2.75) is 46.0 Å². The van der Waals surface area contributed by atoms with E-state index in [9.17, 15) is 4.79 Å². The average Bonchev–Trinajstić information content (AvgIpc) is 2.51. The van der Waals surface area contributed by atoms with Crippen molar-refractivity contribution < 1.29 is 4.79 Å². The molecule has 3 nitrogen and oxygen atoms in total. The summed E-state index contributed by atoms with van der Waals surface area (Å²) in [7, 11) is 0. The quantitative estimate of drug-likeness (QED) is 0.779. The summed E-state index contributed by atoms with van der Waals surface area (Å²) in [6.45, 7) is 11.1. The van der Waals surface area contributed by atoms with Gasteiger partial charge in [-0.1, -0.05) is 51.1 Å². The first kappa shape index (κ1) is 18.0. The van der Waals surface area contributed by atoms with E-state index in [1.807, 2.05) is 18.2 Å². The molecule has 0 aliphatic carbocycles. The predicted octanol–water partition coefficient (Wildman–Crippen LogP) is 3.66. The summed E-state index contributed by atoms with van der Waals surface area (Å²) in [6, 6.07) is 10.3. The molecule has 1 aromatic rings. The Bertz CT molecular complexity index is 464. The SMILES string of the molecule is CC1CC(C)CN(CCCNC(=O)CC(C)c2ccccc2)C1. The molecule has 1 amide bonds. The maximum absolute atomic E-state index is 12.1. The normalized spacial score (nSPS) is 23.4. The molecule has 1 aliphatic heterocycles. The minimum Gasteiger partial charge on any atom is -0.356 e. The number of hydrogen-bond donors (Lipinski definition) is 1. The highest BCUT2D eigenvalue weighted by atomic mass is 16.1. The second-order valence-electron chi connectivity index (χ2n) is 7.42. The summed E-state index contributed by atoms with van der Waals surface area (Å²) in [6.07, 6.45) is 2.97. The van der Waals surface area contributed by atoms with E-state index in [-0.39, 0.29) is 11.8 Å². The molecular formula is C20H32N2O. The third-order valence-electron chi connectivity index (χ3n) is 4.78. The van der Waals surface area contributed by atoms with Crippen LogP contribution in [0.25, 0.3) is 0 Å². The summed E-state index contributed by atoms with van der Waals surface area (Å²) in [5, 5.41) is 3.08. The lowest BCUT2D eigenvalue weighted by Gasteiger charge is -2.34. The van der Waals surface area contributed by atoms with Crippen LogP contribution in [0.2, 0.25) is 0 Å². The van der Waals surface area contributed by atoms with Gasteiger partial charge in [0.15, 0.2) is 0 Å². The fraction of sp³-hybridized carbons (Fsp3) is 0.650. The smallest absolute Gasteiger partial charge is 0.220 e. The van der Waals surface area contributed by atoms with Gasteiger partial charge in [0.2, 0.25) is 5.91 Å². The van der Waals surface area contributed by atoms with Crippen LogP contribution in [0.15, 0.2) is 30.3 Å². The molecule has 1 saturated heterocycles. The standard InChI is InChI=1S/C20H32N2O/c1-16-12-17(2)15-22(14-16)11-7-10-21-20(23)13-18(3)19-8-5-4-6-9-19/h4-6,8-9,16-18H,7,10-15H2,1-3H3,(H,21,23). The molecule has 1 aromatic carbocycles. The number of carbonyl (C=O) groups excluding carboxylic acids is 1. The molecular weight excluding hydrogens is 284 g/mol. The molecule has 0 spiro atoms. The molecule has 3 unspecified atom stereocenters. The minimum atomic E-state index is 0.168. The molecule has 0 radical (unpaired) electrons. The molecule has 2 rings (SSSR count). The van der Waals surface area contributed by atoms with Gasteiger partial charge in [-0.25, -0.2) is 0 Å². The van der Waals surface area contributed by atoms with Crippen LogP contribution in [0.5, 0.6) is 0 Å². The van der Waals surface area contributed by atoms with Crippen molar-refractivity contribution in [3.63, 3.8) is 0 Å². The van der Waals surface area contributed by atoms with Gasteiger partial charge in [-0.2, -0.15) is 0 Å². The molecule has 1 N–H and O–H groups in total. The fourth-order valence-electron chi connectivity index (χ4n) is 3.75. The van der Waals surface area contributed by atoms with Gasteiger partial charge in [0, 0.05) is 26.1 Å². The average molecular weight is 316 g/mol. The van der Waals surface area contributed by atoms with Crippen molar-refractivity contribution >= 4 is 5.91 Å². The van der Waals surface area contributed by atoms with Crippen LogP contribution in [-0.2, 0) is 4.79 Å². The molecule has 1 fully saturated rings. The zero-order valence-electron chi connectivity index (χ0n) is 14.9. The molecule has 0 aromatic heterocycles. The van der Waals surface area contributed by atoms with Crippen LogP contribution in [0, 0.1) is 11.8 Å². The maximum atomic E-state index is 12.1. The number of carbonyl (C=O) groups is 1. The van der Waals surface area contributed by atoms with Crippen LogP contribution < -0.4 is 5.32 Å². The van der Waals surface area contributed by atoms with Crippen LogP contribution in [0.1, 0.15) is 51.5 Å². The molecule has 0 saturated carbocycles. The zero-order valence-corrected chi connectivity index (χ0v) is 14.9. The van der Waals surface area contributed by atoms with E-state index >= 15 is 0 Å². The van der Waals surface area contributed by atoms with Crippen LogP contribution in [0.4, 0.5) is 0 Å². The largest absolute Gasteiger partial charge is 0.356 e. The highest BCUT2D eigenvalue weighted by Gasteiger charge is 2.21. The van der Waals surface area contributed by atoms with Crippen LogP contribution >= 0.6 is 0 Å². The van der Waals surface area contributed by atoms with Gasteiger partial charge in [-0.05, 0) is 42.7 Å². The lowest BCUT2D eigenvalue weighted by molar-refractivity contribution is -0.121. The molecule has 0 bridgehead atoms. The van der Waals surface area contributed by atoms with Crippen molar-refractivity contribution in [1.82, 2.24) is 10.2 Å². The van der Waals surface area contributed by atoms with Gasteiger partial charge in [0.25, 0.3) is 0 Å². The predicted molar refractivity (Wildman–Crippen MR) is 96.5 cm³/mol. The number of nitrogens with one attached hydrogen (secondary N) is 1. The van der Waals surface area contributed by atoms with Crippen molar-refractivity contribution in [3.05, 3.63) is 35.9 Å².